The summed E-state index contributed by atoms with van der Waals surface area (Å²) in [6, 6.07) is 11.4. The monoisotopic (exact) mass is 473 g/mol. The number of anilines is 3. The van der Waals surface area contributed by atoms with Gasteiger partial charge in [-0.05, 0) is 49.2 Å². The Kier molecular flexibility index (Phi) is 5.49. The van der Waals surface area contributed by atoms with Crippen molar-refractivity contribution < 1.29 is 4.39 Å². The van der Waals surface area contributed by atoms with Gasteiger partial charge in [0.1, 0.15) is 17.3 Å². The van der Waals surface area contributed by atoms with Crippen molar-refractivity contribution in [3.05, 3.63) is 65.0 Å². The number of pyridine rings is 2. The van der Waals surface area contributed by atoms with E-state index in [1.54, 1.807) is 37.5 Å². The van der Waals surface area contributed by atoms with Crippen LogP contribution in [0.5, 0.6) is 0 Å². The molecule has 0 amide bonds. The predicted molar refractivity (Wildman–Crippen MR) is 136 cm³/mol. The lowest BCUT2D eigenvalue weighted by Crippen LogP contribution is -2.52. The van der Waals surface area contributed by atoms with Gasteiger partial charge in [0.05, 0.1) is 23.1 Å². The number of benzene rings is 1. The van der Waals surface area contributed by atoms with Crippen LogP contribution in [0.1, 0.15) is 19.3 Å². The van der Waals surface area contributed by atoms with E-state index >= 15 is 4.39 Å². The number of fused-ring (bicyclic) bond motifs is 1. The van der Waals surface area contributed by atoms with Gasteiger partial charge < -0.3 is 14.8 Å². The SMILES string of the molecule is Cn1c(=O)c(Nc2ccc(N3CCN(C4CCC4)CC3)cn2)cc2c(F)c(-c3ccn[nH]3)ccc21. The Bertz CT molecular complexity index is 1400. The predicted octanol–water partition coefficient (Wildman–Crippen LogP) is 3.88. The quantitative estimate of drug-likeness (QED) is 0.458. The number of aryl methyl sites for hydroxylation is 1. The maximum atomic E-state index is 15.4. The van der Waals surface area contributed by atoms with Crippen LogP contribution < -0.4 is 15.8 Å². The second kappa shape index (κ2) is 8.81. The van der Waals surface area contributed by atoms with Gasteiger partial charge in [-0.25, -0.2) is 9.37 Å². The Morgan fingerprint density at radius 2 is 1.91 bits per heavy atom. The molecule has 35 heavy (non-hydrogen) atoms. The molecule has 9 heteroatoms. The highest BCUT2D eigenvalue weighted by Crippen LogP contribution is 2.29. The summed E-state index contributed by atoms with van der Waals surface area (Å²) in [5.74, 6) is 0.137. The molecule has 8 nitrogen and oxygen atoms in total. The third kappa shape index (κ3) is 3.95. The molecule has 1 aliphatic heterocycles. The average Bonchev–Trinajstić information content (AvgIpc) is 3.38. The summed E-state index contributed by atoms with van der Waals surface area (Å²) in [6.45, 7) is 4.16. The van der Waals surface area contributed by atoms with Crippen molar-refractivity contribution in [2.24, 2.45) is 7.05 Å². The van der Waals surface area contributed by atoms with Gasteiger partial charge in [-0.1, -0.05) is 6.42 Å². The van der Waals surface area contributed by atoms with E-state index in [9.17, 15) is 4.79 Å². The molecule has 0 spiro atoms. The first-order valence-electron chi connectivity index (χ1n) is 12.1. The summed E-state index contributed by atoms with van der Waals surface area (Å²) in [5, 5.41) is 10.2. The summed E-state index contributed by atoms with van der Waals surface area (Å²) in [6.07, 6.45) is 7.46. The van der Waals surface area contributed by atoms with Crippen LogP contribution in [-0.4, -0.2) is 56.9 Å². The van der Waals surface area contributed by atoms with Gasteiger partial charge in [-0.15, -0.1) is 0 Å². The van der Waals surface area contributed by atoms with E-state index in [0.29, 0.717) is 28.0 Å². The second-order valence-corrected chi connectivity index (χ2v) is 9.39. The number of piperazine rings is 1. The maximum absolute atomic E-state index is 15.4. The standard InChI is InChI=1S/C26H28FN7O/c1-32-23-7-6-19(21-9-10-29-31-21)25(27)20(23)15-22(26(32)35)30-24-8-5-18(16-28-24)34-13-11-33(12-14-34)17-3-2-4-17/h5-10,15-17H,2-4,11-14H2,1H3,(H,28,30)(H,29,31). The summed E-state index contributed by atoms with van der Waals surface area (Å²) < 4.78 is 16.9. The normalized spacial score (nSPS) is 17.0. The zero-order valence-corrected chi connectivity index (χ0v) is 19.7. The number of hydrogen-bond acceptors (Lipinski definition) is 6. The van der Waals surface area contributed by atoms with Crippen molar-refractivity contribution in [3.8, 4) is 11.3 Å². The highest BCUT2D eigenvalue weighted by atomic mass is 19.1. The number of rotatable bonds is 5. The first-order valence-corrected chi connectivity index (χ1v) is 12.1. The molecule has 0 unspecified atom stereocenters. The third-order valence-corrected chi connectivity index (χ3v) is 7.41. The van der Waals surface area contributed by atoms with Gasteiger partial charge in [0.25, 0.3) is 5.56 Å². The van der Waals surface area contributed by atoms with Crippen molar-refractivity contribution in [1.29, 1.82) is 0 Å². The minimum absolute atomic E-state index is 0.246. The Labute approximate surface area is 202 Å². The smallest absolute Gasteiger partial charge is 0.274 e. The molecule has 2 aliphatic rings. The highest BCUT2D eigenvalue weighted by molar-refractivity contribution is 5.88. The van der Waals surface area contributed by atoms with Crippen molar-refractivity contribution >= 4 is 28.1 Å². The fraction of sp³-hybridized carbons (Fsp3) is 0.346. The number of nitrogens with zero attached hydrogens (tertiary/aromatic N) is 5. The van der Waals surface area contributed by atoms with Gasteiger partial charge in [0.2, 0.25) is 0 Å². The average molecular weight is 474 g/mol. The van der Waals surface area contributed by atoms with Crippen molar-refractivity contribution in [2.75, 3.05) is 36.4 Å². The number of aromatic amines is 1. The second-order valence-electron chi connectivity index (χ2n) is 9.39. The van der Waals surface area contributed by atoms with E-state index in [0.717, 1.165) is 37.9 Å². The number of H-pyrrole nitrogens is 1. The van der Waals surface area contributed by atoms with E-state index in [2.05, 4.69) is 30.3 Å². The number of aromatic nitrogens is 4. The number of hydrogen-bond donors (Lipinski definition) is 2. The number of halogens is 1. The van der Waals surface area contributed by atoms with Crippen LogP contribution in [0, 0.1) is 5.82 Å². The lowest BCUT2D eigenvalue weighted by atomic mass is 9.91. The van der Waals surface area contributed by atoms with Crippen molar-refractivity contribution in [2.45, 2.75) is 25.3 Å². The summed E-state index contributed by atoms with van der Waals surface area (Å²) >= 11 is 0. The fourth-order valence-electron chi connectivity index (χ4n) is 5.09. The first-order chi connectivity index (χ1) is 17.1. The highest BCUT2D eigenvalue weighted by Gasteiger charge is 2.28. The van der Waals surface area contributed by atoms with Crippen LogP contribution in [0.3, 0.4) is 0 Å². The van der Waals surface area contributed by atoms with Gasteiger partial charge >= 0.3 is 0 Å². The van der Waals surface area contributed by atoms with Gasteiger partial charge in [-0.2, -0.15) is 5.10 Å². The Balaban J connectivity index is 1.23. The minimum atomic E-state index is -0.408. The molecule has 4 heterocycles. The molecular weight excluding hydrogens is 445 g/mol. The van der Waals surface area contributed by atoms with Crippen LogP contribution >= 0.6 is 0 Å². The summed E-state index contributed by atoms with van der Waals surface area (Å²) in [4.78, 5) is 22.5. The van der Waals surface area contributed by atoms with Crippen LogP contribution in [-0.2, 0) is 7.05 Å². The lowest BCUT2D eigenvalue weighted by Gasteiger charge is -2.43. The summed E-state index contributed by atoms with van der Waals surface area (Å²) in [5.41, 5.74) is 2.60. The van der Waals surface area contributed by atoms with Crippen LogP contribution in [0.2, 0.25) is 0 Å². The molecule has 0 bridgehead atoms. The minimum Gasteiger partial charge on any atom is -0.368 e. The van der Waals surface area contributed by atoms with Crippen molar-refractivity contribution in [1.82, 2.24) is 24.6 Å². The van der Waals surface area contributed by atoms with E-state index in [1.165, 1.54) is 23.8 Å². The molecule has 3 aromatic heterocycles. The molecule has 1 saturated heterocycles. The molecule has 0 atom stereocenters. The van der Waals surface area contributed by atoms with Crippen LogP contribution in [0.25, 0.3) is 22.2 Å². The van der Waals surface area contributed by atoms with Gasteiger partial charge in [0.15, 0.2) is 0 Å². The van der Waals surface area contributed by atoms with E-state index in [1.807, 2.05) is 18.3 Å². The Morgan fingerprint density at radius 1 is 1.09 bits per heavy atom. The molecule has 2 N–H and O–H groups in total. The Hall–Kier alpha value is -3.72. The Morgan fingerprint density at radius 3 is 2.57 bits per heavy atom. The fourth-order valence-corrected chi connectivity index (χ4v) is 5.09. The molecule has 4 aromatic rings. The number of nitrogens with one attached hydrogen (secondary N) is 2. The van der Waals surface area contributed by atoms with E-state index in [4.69, 9.17) is 0 Å². The molecule has 2 fully saturated rings. The molecule has 180 valence electrons. The first kappa shape index (κ1) is 21.8. The molecule has 6 rings (SSSR count). The van der Waals surface area contributed by atoms with Crippen molar-refractivity contribution in [3.63, 3.8) is 0 Å². The lowest BCUT2D eigenvalue weighted by molar-refractivity contribution is 0.120. The molecule has 1 aromatic carbocycles. The molecule has 1 aliphatic carbocycles. The molecule has 0 radical (unpaired) electrons. The maximum Gasteiger partial charge on any atom is 0.274 e. The summed E-state index contributed by atoms with van der Waals surface area (Å²) in [7, 11) is 1.64. The molecular formula is C26H28FN7O. The zero-order chi connectivity index (χ0) is 23.9. The van der Waals surface area contributed by atoms with E-state index < -0.39 is 5.82 Å². The largest absolute Gasteiger partial charge is 0.368 e. The zero-order valence-electron chi connectivity index (χ0n) is 19.7. The van der Waals surface area contributed by atoms with Gasteiger partial charge in [-0.3, -0.25) is 14.8 Å². The van der Waals surface area contributed by atoms with Gasteiger partial charge in [0, 0.05) is 56.4 Å². The van der Waals surface area contributed by atoms with E-state index in [-0.39, 0.29) is 11.2 Å². The molecule has 1 saturated carbocycles. The third-order valence-electron chi connectivity index (χ3n) is 7.41. The topological polar surface area (TPSA) is 82.1 Å². The van der Waals surface area contributed by atoms with Crippen LogP contribution in [0.4, 0.5) is 21.6 Å². The van der Waals surface area contributed by atoms with Crippen LogP contribution in [0.15, 0.2) is 53.6 Å².